The molecule has 1 aromatic heterocycles. The molecule has 0 radical (unpaired) electrons. The van der Waals surface area contributed by atoms with Gasteiger partial charge in [-0.1, -0.05) is 42.5 Å². The number of hydrogen-bond acceptors (Lipinski definition) is 4. The lowest BCUT2D eigenvalue weighted by Gasteiger charge is -2.23. The molecule has 3 aromatic rings. The molecule has 34 heavy (non-hydrogen) atoms. The minimum atomic E-state index is -0.244. The fraction of sp³-hybridized carbons (Fsp3) is 0.321. The van der Waals surface area contributed by atoms with Crippen LogP contribution in [0.2, 0.25) is 0 Å². The lowest BCUT2D eigenvalue weighted by molar-refractivity contribution is 0.0762. The third-order valence-corrected chi connectivity index (χ3v) is 6.34. The Morgan fingerprint density at radius 1 is 0.912 bits per heavy atom. The van der Waals surface area contributed by atoms with E-state index in [0.717, 1.165) is 51.0 Å². The predicted octanol–water partition coefficient (Wildman–Crippen LogP) is 4.42. The van der Waals surface area contributed by atoms with Crippen LogP contribution in [-0.2, 0) is 6.42 Å². The lowest BCUT2D eigenvalue weighted by atomic mass is 10.1. The van der Waals surface area contributed by atoms with Crippen LogP contribution in [0, 0.1) is 6.92 Å². The van der Waals surface area contributed by atoms with Gasteiger partial charge >= 0.3 is 0 Å². The van der Waals surface area contributed by atoms with Crippen molar-refractivity contribution in [2.75, 3.05) is 38.0 Å². The van der Waals surface area contributed by atoms with E-state index in [-0.39, 0.29) is 11.8 Å². The Hall–Kier alpha value is -3.51. The van der Waals surface area contributed by atoms with Crippen LogP contribution in [0.5, 0.6) is 0 Å². The molecule has 0 spiro atoms. The van der Waals surface area contributed by atoms with Crippen LogP contribution >= 0.6 is 0 Å². The number of rotatable bonds is 7. The van der Waals surface area contributed by atoms with Crippen molar-refractivity contribution < 1.29 is 9.59 Å². The van der Waals surface area contributed by atoms with Gasteiger partial charge in [0.25, 0.3) is 11.8 Å². The number of hydrogen-bond donors (Lipinski definition) is 1. The monoisotopic (exact) mass is 456 g/mol. The number of nitrogens with zero attached hydrogens (tertiary/aromatic N) is 3. The molecule has 0 aliphatic carbocycles. The van der Waals surface area contributed by atoms with Gasteiger partial charge in [0.15, 0.2) is 0 Å². The maximum Gasteiger partial charge on any atom is 0.256 e. The van der Waals surface area contributed by atoms with E-state index >= 15 is 0 Å². The fourth-order valence-corrected chi connectivity index (χ4v) is 4.42. The maximum atomic E-state index is 13.5. The highest BCUT2D eigenvalue weighted by Crippen LogP contribution is 2.24. The molecule has 0 atom stereocenters. The van der Waals surface area contributed by atoms with Crippen LogP contribution in [0.15, 0.2) is 73.1 Å². The van der Waals surface area contributed by atoms with Gasteiger partial charge < -0.3 is 15.1 Å². The maximum absolute atomic E-state index is 13.5. The average molecular weight is 457 g/mol. The topological polar surface area (TPSA) is 65.5 Å². The van der Waals surface area contributed by atoms with E-state index in [9.17, 15) is 9.59 Å². The summed E-state index contributed by atoms with van der Waals surface area (Å²) in [5.41, 5.74) is 3.87. The third kappa shape index (κ3) is 6.08. The zero-order chi connectivity index (χ0) is 23.8. The molecule has 6 heteroatoms. The summed E-state index contributed by atoms with van der Waals surface area (Å²) < 4.78 is 0. The molecule has 1 fully saturated rings. The van der Waals surface area contributed by atoms with Gasteiger partial charge in [-0.25, -0.2) is 0 Å². The van der Waals surface area contributed by atoms with Crippen molar-refractivity contribution in [1.29, 1.82) is 0 Å². The smallest absolute Gasteiger partial charge is 0.256 e. The highest BCUT2D eigenvalue weighted by Gasteiger charge is 2.23. The second-order valence-corrected chi connectivity index (χ2v) is 8.76. The first kappa shape index (κ1) is 23.6. The van der Waals surface area contributed by atoms with Gasteiger partial charge in [0.1, 0.15) is 0 Å². The van der Waals surface area contributed by atoms with Crippen molar-refractivity contribution in [3.63, 3.8) is 0 Å². The predicted molar refractivity (Wildman–Crippen MR) is 135 cm³/mol. The molecule has 0 unspecified atom stereocenters. The zero-order valence-corrected chi connectivity index (χ0v) is 19.7. The Morgan fingerprint density at radius 3 is 2.50 bits per heavy atom. The molecule has 0 saturated carbocycles. The van der Waals surface area contributed by atoms with Gasteiger partial charge in [0, 0.05) is 37.6 Å². The number of carbonyl (C=O) groups excluding carboxylic acids is 2. The van der Waals surface area contributed by atoms with E-state index in [1.165, 1.54) is 5.56 Å². The molecule has 1 aliphatic rings. The summed E-state index contributed by atoms with van der Waals surface area (Å²) in [7, 11) is 0. The Morgan fingerprint density at radius 2 is 1.71 bits per heavy atom. The highest BCUT2D eigenvalue weighted by atomic mass is 16.2. The summed E-state index contributed by atoms with van der Waals surface area (Å²) in [6.45, 7) is 6.23. The minimum absolute atomic E-state index is 0.0279. The second kappa shape index (κ2) is 11.6. The van der Waals surface area contributed by atoms with Crippen molar-refractivity contribution in [2.24, 2.45) is 0 Å². The molecule has 2 aromatic carbocycles. The largest absolute Gasteiger partial charge is 0.337 e. The van der Waals surface area contributed by atoms with Crippen molar-refractivity contribution in [3.8, 4) is 0 Å². The molecule has 4 rings (SSSR count). The van der Waals surface area contributed by atoms with Gasteiger partial charge in [-0.05, 0) is 68.6 Å². The average Bonchev–Trinajstić information content (AvgIpc) is 3.12. The Bertz CT molecular complexity index is 1100. The summed E-state index contributed by atoms with van der Waals surface area (Å²) >= 11 is 0. The van der Waals surface area contributed by atoms with E-state index in [1.807, 2.05) is 30.0 Å². The number of carbonyl (C=O) groups is 2. The summed E-state index contributed by atoms with van der Waals surface area (Å²) in [6, 6.07) is 19.5. The summed E-state index contributed by atoms with van der Waals surface area (Å²) in [5, 5.41) is 2.96. The van der Waals surface area contributed by atoms with E-state index in [2.05, 4.69) is 39.5 Å². The molecule has 1 N–H and O–H groups in total. The Labute approximate surface area is 201 Å². The SMILES string of the molecule is Cc1cccc(C(=O)N2CCCN(CCCc3ccccc3)CC2)c1NC(=O)c1ccncc1. The first-order valence-corrected chi connectivity index (χ1v) is 12.0. The summed E-state index contributed by atoms with van der Waals surface area (Å²) in [4.78, 5) is 34.6. The molecule has 1 aliphatic heterocycles. The molecular formula is C28H32N4O2. The Balaban J connectivity index is 1.38. The number of anilines is 1. The van der Waals surface area contributed by atoms with Crippen molar-refractivity contribution in [1.82, 2.24) is 14.8 Å². The molecule has 6 nitrogen and oxygen atoms in total. The van der Waals surface area contributed by atoms with Gasteiger partial charge in [-0.2, -0.15) is 0 Å². The number of para-hydroxylation sites is 1. The number of benzene rings is 2. The fourth-order valence-electron chi connectivity index (χ4n) is 4.42. The van der Waals surface area contributed by atoms with Gasteiger partial charge in [0.2, 0.25) is 0 Å². The summed E-state index contributed by atoms with van der Waals surface area (Å²) in [6.07, 6.45) is 6.30. The van der Waals surface area contributed by atoms with Gasteiger partial charge in [-0.15, -0.1) is 0 Å². The van der Waals surface area contributed by atoms with E-state index in [1.54, 1.807) is 30.6 Å². The normalized spacial score (nSPS) is 14.4. The molecule has 0 bridgehead atoms. The molecule has 1 saturated heterocycles. The number of amides is 2. The number of nitrogens with one attached hydrogen (secondary N) is 1. The third-order valence-electron chi connectivity index (χ3n) is 6.34. The van der Waals surface area contributed by atoms with Crippen LogP contribution in [0.3, 0.4) is 0 Å². The van der Waals surface area contributed by atoms with Gasteiger partial charge in [0.05, 0.1) is 11.3 Å². The second-order valence-electron chi connectivity index (χ2n) is 8.76. The highest BCUT2D eigenvalue weighted by molar-refractivity contribution is 6.09. The molecule has 176 valence electrons. The van der Waals surface area contributed by atoms with E-state index in [0.29, 0.717) is 23.4 Å². The van der Waals surface area contributed by atoms with Crippen LogP contribution in [0.1, 0.15) is 44.7 Å². The van der Waals surface area contributed by atoms with Gasteiger partial charge in [-0.3, -0.25) is 14.6 Å². The standard InChI is InChI=1S/C28H32N4O2/c1-22-8-5-12-25(26(22)30-27(33)24-13-15-29-16-14-24)28(34)32-19-7-18-31(20-21-32)17-6-11-23-9-3-2-4-10-23/h2-5,8-10,12-16H,6-7,11,17-21H2,1H3,(H,30,33). The number of aromatic nitrogens is 1. The van der Waals surface area contributed by atoms with E-state index in [4.69, 9.17) is 0 Å². The van der Waals surface area contributed by atoms with E-state index < -0.39 is 0 Å². The first-order valence-electron chi connectivity index (χ1n) is 12.0. The molecule has 2 heterocycles. The van der Waals surface area contributed by atoms with Crippen LogP contribution < -0.4 is 5.32 Å². The van der Waals surface area contributed by atoms with Crippen molar-refractivity contribution >= 4 is 17.5 Å². The van der Waals surface area contributed by atoms with Crippen LogP contribution in [-0.4, -0.2) is 59.3 Å². The Kier molecular flexibility index (Phi) is 8.04. The quantitative estimate of drug-likeness (QED) is 0.572. The molecular weight excluding hydrogens is 424 g/mol. The van der Waals surface area contributed by atoms with Crippen LogP contribution in [0.25, 0.3) is 0 Å². The zero-order valence-electron chi connectivity index (χ0n) is 19.7. The summed E-state index contributed by atoms with van der Waals surface area (Å²) in [5.74, 6) is -0.272. The van der Waals surface area contributed by atoms with Crippen LogP contribution in [0.4, 0.5) is 5.69 Å². The number of pyridine rings is 1. The first-order chi connectivity index (χ1) is 16.6. The van der Waals surface area contributed by atoms with Crippen molar-refractivity contribution in [2.45, 2.75) is 26.2 Å². The number of aryl methyl sites for hydroxylation is 2. The molecule has 2 amide bonds. The van der Waals surface area contributed by atoms with Crippen molar-refractivity contribution in [3.05, 3.63) is 95.3 Å². The minimum Gasteiger partial charge on any atom is -0.337 e. The lowest BCUT2D eigenvalue weighted by Crippen LogP contribution is -2.36.